The second-order valence-electron chi connectivity index (χ2n) is 7.25. The van der Waals surface area contributed by atoms with Gasteiger partial charge in [-0.05, 0) is 79.6 Å². The lowest BCUT2D eigenvalue weighted by Gasteiger charge is -2.29. The molecule has 0 heterocycles. The molecule has 0 fully saturated rings. The third kappa shape index (κ3) is 7.34. The van der Waals surface area contributed by atoms with E-state index in [0.717, 1.165) is 21.1 Å². The number of nitrogens with one attached hydrogen (secondary N) is 1. The Labute approximate surface area is 187 Å². The number of hydrogen-bond donors (Lipinski definition) is 1. The number of benzene rings is 2. The van der Waals surface area contributed by atoms with Crippen LogP contribution in [0.15, 0.2) is 48.5 Å². The van der Waals surface area contributed by atoms with Gasteiger partial charge in [-0.1, -0.05) is 36.8 Å². The van der Waals surface area contributed by atoms with Gasteiger partial charge in [-0.3, -0.25) is 9.59 Å². The Bertz CT molecular complexity index is 823. The average Bonchev–Trinajstić information content (AvgIpc) is 2.70. The minimum Gasteiger partial charge on any atom is -0.484 e. The molecule has 0 spiro atoms. The quantitative estimate of drug-likeness (QED) is 0.514. The summed E-state index contributed by atoms with van der Waals surface area (Å²) in [7, 11) is 0. The summed E-state index contributed by atoms with van der Waals surface area (Å²) in [5.41, 5.74) is 2.09. The Morgan fingerprint density at radius 3 is 2.45 bits per heavy atom. The van der Waals surface area contributed by atoms with Gasteiger partial charge in [0, 0.05) is 16.2 Å². The van der Waals surface area contributed by atoms with Gasteiger partial charge in [-0.25, -0.2) is 0 Å². The highest BCUT2D eigenvalue weighted by molar-refractivity contribution is 14.1. The van der Waals surface area contributed by atoms with Crippen LogP contribution in [0.25, 0.3) is 0 Å². The first-order valence-corrected chi connectivity index (χ1v) is 10.9. The molecule has 1 N–H and O–H groups in total. The molecule has 29 heavy (non-hydrogen) atoms. The number of carbonyl (C=O) groups is 2. The standard InChI is InChI=1S/C23H29IN2O3/c1-5-17(3)25-23(28)18(4)26(14-19-8-6-7-16(2)13-19)22(27)15-29-21-11-9-20(24)10-12-21/h6-13,17-18H,5,14-15H2,1-4H3,(H,25,28)/t17-,18-/m1/s1. The third-order valence-corrected chi connectivity index (χ3v) is 5.50. The smallest absolute Gasteiger partial charge is 0.261 e. The van der Waals surface area contributed by atoms with E-state index in [0.29, 0.717) is 12.3 Å². The maximum Gasteiger partial charge on any atom is 0.261 e. The average molecular weight is 508 g/mol. The van der Waals surface area contributed by atoms with E-state index in [1.807, 2.05) is 69.3 Å². The third-order valence-electron chi connectivity index (χ3n) is 4.78. The molecule has 2 amide bonds. The molecular weight excluding hydrogens is 479 g/mol. The van der Waals surface area contributed by atoms with Crippen LogP contribution < -0.4 is 10.1 Å². The van der Waals surface area contributed by atoms with Crippen molar-refractivity contribution >= 4 is 34.4 Å². The van der Waals surface area contributed by atoms with E-state index in [1.54, 1.807) is 11.8 Å². The first-order valence-electron chi connectivity index (χ1n) is 9.84. The van der Waals surface area contributed by atoms with Crippen LogP contribution >= 0.6 is 22.6 Å². The summed E-state index contributed by atoms with van der Waals surface area (Å²) in [6.07, 6.45) is 0.834. The summed E-state index contributed by atoms with van der Waals surface area (Å²) in [4.78, 5) is 27.3. The fourth-order valence-electron chi connectivity index (χ4n) is 2.81. The summed E-state index contributed by atoms with van der Waals surface area (Å²) >= 11 is 2.22. The van der Waals surface area contributed by atoms with E-state index in [-0.39, 0.29) is 24.5 Å². The first kappa shape index (κ1) is 23.2. The van der Waals surface area contributed by atoms with E-state index in [2.05, 4.69) is 27.9 Å². The van der Waals surface area contributed by atoms with Crippen LogP contribution in [-0.2, 0) is 16.1 Å². The molecular formula is C23H29IN2O3. The van der Waals surface area contributed by atoms with Gasteiger partial charge in [0.05, 0.1) is 0 Å². The van der Waals surface area contributed by atoms with Gasteiger partial charge in [0.1, 0.15) is 11.8 Å². The normalized spacial score (nSPS) is 12.7. The zero-order valence-corrected chi connectivity index (χ0v) is 19.6. The molecule has 0 saturated carbocycles. The fourth-order valence-corrected chi connectivity index (χ4v) is 3.17. The van der Waals surface area contributed by atoms with Crippen molar-refractivity contribution in [2.45, 2.75) is 52.7 Å². The molecule has 0 aliphatic heterocycles. The Hall–Kier alpha value is -2.09. The predicted molar refractivity (Wildman–Crippen MR) is 124 cm³/mol. The second kappa shape index (κ2) is 11.2. The van der Waals surface area contributed by atoms with Crippen molar-refractivity contribution in [3.8, 4) is 5.75 Å². The lowest BCUT2D eigenvalue weighted by molar-refractivity contribution is -0.142. The van der Waals surface area contributed by atoms with Crippen molar-refractivity contribution in [1.82, 2.24) is 10.2 Å². The minimum atomic E-state index is -0.600. The van der Waals surface area contributed by atoms with Crippen LogP contribution in [-0.4, -0.2) is 35.4 Å². The Morgan fingerprint density at radius 2 is 1.83 bits per heavy atom. The molecule has 156 valence electrons. The molecule has 2 aromatic carbocycles. The lowest BCUT2D eigenvalue weighted by Crippen LogP contribution is -2.50. The van der Waals surface area contributed by atoms with Crippen molar-refractivity contribution in [3.63, 3.8) is 0 Å². The molecule has 0 aromatic heterocycles. The van der Waals surface area contributed by atoms with Crippen molar-refractivity contribution in [2.24, 2.45) is 0 Å². The minimum absolute atomic E-state index is 0.0592. The summed E-state index contributed by atoms with van der Waals surface area (Å²) in [6, 6.07) is 14.9. The number of carbonyl (C=O) groups excluding carboxylic acids is 2. The molecule has 0 aliphatic rings. The lowest BCUT2D eigenvalue weighted by atomic mass is 10.1. The van der Waals surface area contributed by atoms with Gasteiger partial charge in [-0.15, -0.1) is 0 Å². The molecule has 0 radical (unpaired) electrons. The van der Waals surface area contributed by atoms with Gasteiger partial charge in [0.15, 0.2) is 6.61 Å². The second-order valence-corrected chi connectivity index (χ2v) is 8.49. The number of amides is 2. The number of ether oxygens (including phenoxy) is 1. The summed E-state index contributed by atoms with van der Waals surface area (Å²) in [5, 5.41) is 2.97. The highest BCUT2D eigenvalue weighted by atomic mass is 127. The Morgan fingerprint density at radius 1 is 1.14 bits per heavy atom. The van der Waals surface area contributed by atoms with Gasteiger partial charge >= 0.3 is 0 Å². The van der Waals surface area contributed by atoms with E-state index in [1.165, 1.54) is 0 Å². The van der Waals surface area contributed by atoms with E-state index in [9.17, 15) is 9.59 Å². The van der Waals surface area contributed by atoms with Crippen LogP contribution in [0.2, 0.25) is 0 Å². The molecule has 0 unspecified atom stereocenters. The highest BCUT2D eigenvalue weighted by Crippen LogP contribution is 2.15. The monoisotopic (exact) mass is 508 g/mol. The molecule has 2 rings (SSSR count). The molecule has 6 heteroatoms. The zero-order valence-electron chi connectivity index (χ0n) is 17.4. The van der Waals surface area contributed by atoms with Crippen LogP contribution in [0.1, 0.15) is 38.3 Å². The number of hydrogen-bond acceptors (Lipinski definition) is 3. The molecule has 0 aliphatic carbocycles. The van der Waals surface area contributed by atoms with Crippen molar-refractivity contribution < 1.29 is 14.3 Å². The topological polar surface area (TPSA) is 58.6 Å². The molecule has 2 aromatic rings. The number of aryl methyl sites for hydroxylation is 1. The fraction of sp³-hybridized carbons (Fsp3) is 0.391. The van der Waals surface area contributed by atoms with E-state index < -0.39 is 6.04 Å². The number of halogens is 1. The molecule has 0 saturated heterocycles. The zero-order chi connectivity index (χ0) is 21.4. The van der Waals surface area contributed by atoms with Crippen LogP contribution in [0.3, 0.4) is 0 Å². The van der Waals surface area contributed by atoms with Gasteiger partial charge in [-0.2, -0.15) is 0 Å². The Balaban J connectivity index is 2.14. The summed E-state index contributed by atoms with van der Waals surface area (Å²) in [6.45, 7) is 7.97. The van der Waals surface area contributed by atoms with Crippen LogP contribution in [0, 0.1) is 10.5 Å². The number of nitrogens with zero attached hydrogens (tertiary/aromatic N) is 1. The van der Waals surface area contributed by atoms with E-state index in [4.69, 9.17) is 4.74 Å². The van der Waals surface area contributed by atoms with Crippen molar-refractivity contribution in [3.05, 3.63) is 63.2 Å². The predicted octanol–water partition coefficient (Wildman–Crippen LogP) is 4.31. The van der Waals surface area contributed by atoms with E-state index >= 15 is 0 Å². The Kier molecular flexibility index (Phi) is 8.95. The van der Waals surface area contributed by atoms with Crippen LogP contribution in [0.4, 0.5) is 0 Å². The number of rotatable bonds is 9. The van der Waals surface area contributed by atoms with Gasteiger partial charge in [0.2, 0.25) is 5.91 Å². The maximum atomic E-state index is 13.0. The molecule has 5 nitrogen and oxygen atoms in total. The largest absolute Gasteiger partial charge is 0.484 e. The summed E-state index contributed by atoms with van der Waals surface area (Å²) < 4.78 is 6.77. The molecule has 0 bridgehead atoms. The SMILES string of the molecule is CC[C@@H](C)NC(=O)[C@@H](C)N(Cc1cccc(C)c1)C(=O)COc1ccc(I)cc1. The molecule has 2 atom stereocenters. The van der Waals surface area contributed by atoms with Crippen molar-refractivity contribution in [1.29, 1.82) is 0 Å². The van der Waals surface area contributed by atoms with Gasteiger partial charge in [0.25, 0.3) is 5.91 Å². The highest BCUT2D eigenvalue weighted by Gasteiger charge is 2.27. The maximum absolute atomic E-state index is 13.0. The van der Waals surface area contributed by atoms with Crippen molar-refractivity contribution in [2.75, 3.05) is 6.61 Å². The van der Waals surface area contributed by atoms with Crippen LogP contribution in [0.5, 0.6) is 5.75 Å². The van der Waals surface area contributed by atoms with Gasteiger partial charge < -0.3 is 15.0 Å². The summed E-state index contributed by atoms with van der Waals surface area (Å²) in [5.74, 6) is 0.248. The first-order chi connectivity index (χ1) is 13.8.